The zero-order valence-corrected chi connectivity index (χ0v) is 19.9. The minimum Gasteiger partial charge on any atom is -0.479 e. The number of hydrogen-bond donors (Lipinski definition) is 0. The molecule has 8 heteroatoms. The first-order valence-electron chi connectivity index (χ1n) is 11.4. The largest absolute Gasteiger partial charge is 0.479 e. The lowest BCUT2D eigenvalue weighted by Crippen LogP contribution is -2.52. The van der Waals surface area contributed by atoms with E-state index in [-0.39, 0.29) is 30.3 Å². The number of ether oxygens (including phenoxy) is 1. The van der Waals surface area contributed by atoms with E-state index in [2.05, 4.69) is 58.5 Å². The quantitative estimate of drug-likeness (QED) is 0.541. The van der Waals surface area contributed by atoms with Crippen molar-refractivity contribution in [2.45, 2.75) is 6.04 Å². The highest BCUT2D eigenvalue weighted by molar-refractivity contribution is 5.98. The van der Waals surface area contributed by atoms with Crippen molar-refractivity contribution in [3.8, 4) is 5.88 Å². The van der Waals surface area contributed by atoms with Gasteiger partial charge in [-0.1, -0.05) is 60.7 Å². The minimum absolute atomic E-state index is 0.0116. The molecule has 1 aliphatic rings. The average molecular weight is 462 g/mol. The first-order chi connectivity index (χ1) is 16.5. The molecule has 0 radical (unpaired) electrons. The van der Waals surface area contributed by atoms with E-state index < -0.39 is 0 Å². The second kappa shape index (κ2) is 10.5. The zero-order valence-electron chi connectivity index (χ0n) is 19.9. The van der Waals surface area contributed by atoms with Gasteiger partial charge in [0.25, 0.3) is 5.91 Å². The molecule has 1 aromatic heterocycles. The number of nitrogens with zero attached hydrogens (tertiary/aromatic N) is 5. The predicted octanol–water partition coefficient (Wildman–Crippen LogP) is 2.43. The molecule has 0 spiro atoms. The number of rotatable bonds is 7. The normalized spacial score (nSPS) is 14.3. The molecule has 1 fully saturated rings. The van der Waals surface area contributed by atoms with Crippen LogP contribution >= 0.6 is 0 Å². The maximum atomic E-state index is 13.0. The second-order valence-corrected chi connectivity index (χ2v) is 8.53. The Kier molecular flexibility index (Phi) is 7.27. The van der Waals surface area contributed by atoms with Crippen molar-refractivity contribution in [3.63, 3.8) is 0 Å². The van der Waals surface area contributed by atoms with Gasteiger partial charge in [-0.3, -0.25) is 19.2 Å². The first-order valence-corrected chi connectivity index (χ1v) is 11.4. The van der Waals surface area contributed by atoms with Crippen molar-refractivity contribution in [3.05, 3.63) is 83.6 Å². The zero-order chi connectivity index (χ0) is 24.1. The molecule has 4 rings (SSSR count). The van der Waals surface area contributed by atoms with E-state index in [9.17, 15) is 9.59 Å². The minimum atomic E-state index is -0.287. The smallest absolute Gasteiger partial charge is 0.261 e. The molecule has 3 aromatic rings. The summed E-state index contributed by atoms with van der Waals surface area (Å²) < 4.78 is 6.71. The standard InChI is InChI=1S/C26H31N5O3/c1-28(26(33)22-18-29(2)27-25(22)34-3)19-23(32)30-14-16-31(17-15-30)24(20-10-6-4-7-11-20)21-12-8-5-9-13-21/h4-13,18,24H,14-17,19H2,1-3H3. The van der Waals surface area contributed by atoms with Gasteiger partial charge in [0.05, 0.1) is 19.7 Å². The van der Waals surface area contributed by atoms with Crippen LogP contribution in [0.1, 0.15) is 27.5 Å². The Labute approximate surface area is 200 Å². The summed E-state index contributed by atoms with van der Waals surface area (Å²) >= 11 is 0. The van der Waals surface area contributed by atoms with Gasteiger partial charge >= 0.3 is 0 Å². The molecule has 178 valence electrons. The van der Waals surface area contributed by atoms with E-state index in [4.69, 9.17) is 4.74 Å². The third kappa shape index (κ3) is 5.12. The summed E-state index contributed by atoms with van der Waals surface area (Å²) in [5.41, 5.74) is 2.83. The van der Waals surface area contributed by atoms with Crippen LogP contribution in [-0.2, 0) is 11.8 Å². The van der Waals surface area contributed by atoms with Crippen LogP contribution in [-0.4, -0.2) is 83.2 Å². The van der Waals surface area contributed by atoms with Crippen LogP contribution in [0.2, 0.25) is 0 Å². The number of aryl methyl sites for hydroxylation is 1. The number of aromatic nitrogens is 2. The van der Waals surface area contributed by atoms with Gasteiger partial charge in [-0.2, -0.15) is 0 Å². The van der Waals surface area contributed by atoms with Crippen molar-refractivity contribution in [2.75, 3.05) is 46.9 Å². The van der Waals surface area contributed by atoms with Gasteiger partial charge in [0.2, 0.25) is 11.8 Å². The van der Waals surface area contributed by atoms with Crippen molar-refractivity contribution >= 4 is 11.8 Å². The fourth-order valence-electron chi connectivity index (χ4n) is 4.46. The van der Waals surface area contributed by atoms with Gasteiger partial charge in [0, 0.05) is 46.5 Å². The van der Waals surface area contributed by atoms with Gasteiger partial charge in [-0.25, -0.2) is 0 Å². The second-order valence-electron chi connectivity index (χ2n) is 8.53. The van der Waals surface area contributed by atoms with Gasteiger partial charge in [-0.15, -0.1) is 5.10 Å². The van der Waals surface area contributed by atoms with Gasteiger partial charge in [0.15, 0.2) is 0 Å². The number of carbonyl (C=O) groups is 2. The van der Waals surface area contributed by atoms with Crippen LogP contribution in [0.25, 0.3) is 0 Å². The molecule has 0 bridgehead atoms. The summed E-state index contributed by atoms with van der Waals surface area (Å²) in [7, 11) is 4.83. The maximum absolute atomic E-state index is 13.0. The van der Waals surface area contributed by atoms with Gasteiger partial charge < -0.3 is 14.5 Å². The Morgan fingerprint density at radius 1 is 0.971 bits per heavy atom. The van der Waals surface area contributed by atoms with Crippen molar-refractivity contribution in [2.24, 2.45) is 7.05 Å². The Morgan fingerprint density at radius 2 is 1.53 bits per heavy atom. The molecule has 0 unspecified atom stereocenters. The highest BCUT2D eigenvalue weighted by Gasteiger charge is 2.29. The van der Waals surface area contributed by atoms with Crippen LogP contribution in [0.4, 0.5) is 0 Å². The van der Waals surface area contributed by atoms with Crippen molar-refractivity contribution < 1.29 is 14.3 Å². The Morgan fingerprint density at radius 3 is 2.06 bits per heavy atom. The highest BCUT2D eigenvalue weighted by atomic mass is 16.5. The summed E-state index contributed by atoms with van der Waals surface area (Å²) in [5, 5.41) is 4.12. The van der Waals surface area contributed by atoms with E-state index in [0.717, 1.165) is 13.1 Å². The summed E-state index contributed by atoms with van der Waals surface area (Å²) in [5.74, 6) is -0.0900. The molecular weight excluding hydrogens is 430 g/mol. The number of benzene rings is 2. The lowest BCUT2D eigenvalue weighted by atomic mass is 9.96. The van der Waals surface area contributed by atoms with Gasteiger partial charge in [-0.05, 0) is 11.1 Å². The van der Waals surface area contributed by atoms with E-state index in [1.165, 1.54) is 27.8 Å². The van der Waals surface area contributed by atoms with Crippen molar-refractivity contribution in [1.82, 2.24) is 24.5 Å². The Balaban J connectivity index is 1.39. The van der Waals surface area contributed by atoms with E-state index in [1.54, 1.807) is 20.3 Å². The monoisotopic (exact) mass is 461 g/mol. The molecular formula is C26H31N5O3. The number of piperazine rings is 1. The van der Waals surface area contributed by atoms with Crippen LogP contribution in [0.5, 0.6) is 5.88 Å². The molecule has 0 atom stereocenters. The molecule has 1 saturated heterocycles. The fraction of sp³-hybridized carbons (Fsp3) is 0.346. The van der Waals surface area contributed by atoms with Crippen LogP contribution in [0, 0.1) is 0 Å². The highest BCUT2D eigenvalue weighted by Crippen LogP contribution is 2.29. The summed E-state index contributed by atoms with van der Waals surface area (Å²) in [6.07, 6.45) is 1.61. The predicted molar refractivity (Wildman–Crippen MR) is 130 cm³/mol. The lowest BCUT2D eigenvalue weighted by Gasteiger charge is -2.40. The number of methoxy groups -OCH3 is 1. The molecule has 2 amide bonds. The van der Waals surface area contributed by atoms with Crippen LogP contribution < -0.4 is 4.74 Å². The molecule has 2 heterocycles. The van der Waals surface area contributed by atoms with E-state index in [1.807, 2.05) is 17.0 Å². The Hall–Kier alpha value is -3.65. The topological polar surface area (TPSA) is 70.9 Å². The molecule has 0 N–H and O–H groups in total. The third-order valence-corrected chi connectivity index (χ3v) is 6.20. The fourth-order valence-corrected chi connectivity index (χ4v) is 4.46. The average Bonchev–Trinajstić information content (AvgIpc) is 3.26. The number of carbonyl (C=O) groups excluding carboxylic acids is 2. The van der Waals surface area contributed by atoms with Crippen LogP contribution in [0.15, 0.2) is 66.9 Å². The summed E-state index contributed by atoms with van der Waals surface area (Å²) in [6.45, 7) is 2.76. The molecule has 0 saturated carbocycles. The summed E-state index contributed by atoms with van der Waals surface area (Å²) in [4.78, 5) is 31.5. The number of amides is 2. The number of likely N-dealkylation sites (N-methyl/N-ethyl adjacent to an activating group) is 1. The number of hydrogen-bond acceptors (Lipinski definition) is 5. The molecule has 2 aromatic carbocycles. The third-order valence-electron chi connectivity index (χ3n) is 6.20. The summed E-state index contributed by atoms with van der Waals surface area (Å²) in [6, 6.07) is 21.1. The van der Waals surface area contributed by atoms with Crippen molar-refractivity contribution in [1.29, 1.82) is 0 Å². The molecule has 34 heavy (non-hydrogen) atoms. The van der Waals surface area contributed by atoms with E-state index >= 15 is 0 Å². The Bertz CT molecular complexity index is 1070. The van der Waals surface area contributed by atoms with Gasteiger partial charge in [0.1, 0.15) is 5.56 Å². The lowest BCUT2D eigenvalue weighted by molar-refractivity contribution is -0.133. The SMILES string of the molecule is COc1nn(C)cc1C(=O)N(C)CC(=O)N1CCN(C(c2ccccc2)c2ccccc2)CC1. The van der Waals surface area contributed by atoms with E-state index in [0.29, 0.717) is 18.7 Å². The molecule has 8 nitrogen and oxygen atoms in total. The van der Waals surface area contributed by atoms with Crippen LogP contribution in [0.3, 0.4) is 0 Å². The molecule has 0 aliphatic carbocycles. The maximum Gasteiger partial charge on any atom is 0.261 e. The molecule has 1 aliphatic heterocycles. The first kappa shape index (κ1) is 23.5.